The Balaban J connectivity index is 1.56. The van der Waals surface area contributed by atoms with Crippen LogP contribution in [0.5, 0.6) is 0 Å². The number of aromatic amines is 1. The Hall–Kier alpha value is -4.72. The van der Waals surface area contributed by atoms with Gasteiger partial charge in [0.25, 0.3) is 0 Å². The van der Waals surface area contributed by atoms with Gasteiger partial charge < -0.3 is 20.7 Å². The molecule has 4 rings (SSSR count). The summed E-state index contributed by atoms with van der Waals surface area (Å²) in [6, 6.07) is 19.9. The van der Waals surface area contributed by atoms with Crippen LogP contribution in [0.2, 0.25) is 0 Å². The van der Waals surface area contributed by atoms with Crippen LogP contribution < -0.4 is 5.73 Å². The second kappa shape index (κ2) is 11.6. The van der Waals surface area contributed by atoms with E-state index in [1.54, 1.807) is 41.4 Å². The summed E-state index contributed by atoms with van der Waals surface area (Å²) in [5.41, 5.74) is 11.4. The number of rotatable bonds is 10. The number of nitrogens with two attached hydrogens (primary N) is 1. The number of hydrogen-bond donors (Lipinski definition) is 3. The number of carbonyl (C=O) groups excluding carboxylic acids is 2. The van der Waals surface area contributed by atoms with E-state index in [0.717, 1.165) is 27.9 Å². The molecule has 0 atom stereocenters. The van der Waals surface area contributed by atoms with Crippen LogP contribution in [-0.4, -0.2) is 37.8 Å². The number of aromatic nitrogens is 2. The molecule has 0 radical (unpaired) electrons. The van der Waals surface area contributed by atoms with Crippen molar-refractivity contribution in [1.82, 2.24) is 14.9 Å². The van der Waals surface area contributed by atoms with E-state index in [0.29, 0.717) is 23.4 Å². The van der Waals surface area contributed by atoms with Crippen LogP contribution in [0.3, 0.4) is 0 Å². The fraction of sp³-hybridized carbons (Fsp3) is 0.200. The lowest BCUT2D eigenvalue weighted by molar-refractivity contribution is -0.132. The number of H-pyrrole nitrogens is 1. The number of amides is 2. The molecule has 8 nitrogen and oxygen atoms in total. The number of benzene rings is 3. The number of primary amides is 1. The van der Waals surface area contributed by atoms with Crippen molar-refractivity contribution in [1.29, 1.82) is 0 Å². The zero-order chi connectivity index (χ0) is 27.2. The standard InChI is InChI=1S/C30H30N4O4/c1-19-13-24(29(31)36)14-20(2)25(19)11-12-28(35)34(17-21-7-6-10-23(15-21)30(37)38)18-27-32-16-26(33-27)22-8-4-3-5-9-22/h3-10,13-16H,11-12,17-18H2,1-2H3,(H2,31,36)(H,32,33)(H,37,38). The predicted octanol–water partition coefficient (Wildman–Crippen LogP) is 4.65. The second-order valence-corrected chi connectivity index (χ2v) is 9.32. The molecule has 0 aliphatic heterocycles. The Kier molecular flexibility index (Phi) is 8.01. The molecule has 194 valence electrons. The van der Waals surface area contributed by atoms with Gasteiger partial charge in [-0.3, -0.25) is 9.59 Å². The lowest BCUT2D eigenvalue weighted by atomic mass is 9.95. The Bertz CT molecular complexity index is 1450. The van der Waals surface area contributed by atoms with Gasteiger partial charge in [-0.1, -0.05) is 42.5 Å². The Morgan fingerprint density at radius 3 is 2.29 bits per heavy atom. The van der Waals surface area contributed by atoms with Gasteiger partial charge in [-0.15, -0.1) is 0 Å². The second-order valence-electron chi connectivity index (χ2n) is 9.32. The first-order valence-corrected chi connectivity index (χ1v) is 12.3. The third kappa shape index (κ3) is 6.34. The van der Waals surface area contributed by atoms with Gasteiger partial charge in [0.1, 0.15) is 5.82 Å². The number of nitrogens with zero attached hydrogens (tertiary/aromatic N) is 2. The molecule has 0 aliphatic carbocycles. The Labute approximate surface area is 221 Å². The molecule has 8 heteroatoms. The lowest BCUT2D eigenvalue weighted by Crippen LogP contribution is -2.31. The van der Waals surface area contributed by atoms with E-state index in [1.165, 1.54) is 6.07 Å². The molecule has 0 saturated heterocycles. The molecule has 0 spiro atoms. The summed E-state index contributed by atoms with van der Waals surface area (Å²) in [7, 11) is 0. The van der Waals surface area contributed by atoms with Crippen LogP contribution >= 0.6 is 0 Å². The molecule has 1 heterocycles. The van der Waals surface area contributed by atoms with Crippen LogP contribution in [0.4, 0.5) is 0 Å². The minimum absolute atomic E-state index is 0.0961. The van der Waals surface area contributed by atoms with E-state index >= 15 is 0 Å². The monoisotopic (exact) mass is 510 g/mol. The average Bonchev–Trinajstić information content (AvgIpc) is 3.37. The SMILES string of the molecule is Cc1cc(C(N)=O)cc(C)c1CCC(=O)N(Cc1cccc(C(=O)O)c1)Cc1ncc(-c2ccccc2)[nH]1. The molecule has 0 aliphatic rings. The first-order chi connectivity index (χ1) is 18.2. The quantitative estimate of drug-likeness (QED) is 0.286. The number of imidazole rings is 1. The normalized spacial score (nSPS) is 10.8. The zero-order valence-electron chi connectivity index (χ0n) is 21.4. The molecule has 4 N–H and O–H groups in total. The molecule has 2 amide bonds. The maximum atomic E-state index is 13.5. The first kappa shape index (κ1) is 26.3. The topological polar surface area (TPSA) is 129 Å². The summed E-state index contributed by atoms with van der Waals surface area (Å²) < 4.78 is 0. The molecule has 0 fully saturated rings. The van der Waals surface area contributed by atoms with Crippen molar-refractivity contribution in [3.63, 3.8) is 0 Å². The summed E-state index contributed by atoms with van der Waals surface area (Å²) in [4.78, 5) is 46.0. The highest BCUT2D eigenvalue weighted by molar-refractivity contribution is 5.93. The number of carboxylic acid groups (broad SMARTS) is 1. The molecule has 0 bridgehead atoms. The van der Waals surface area contributed by atoms with Crippen molar-refractivity contribution in [2.24, 2.45) is 5.73 Å². The summed E-state index contributed by atoms with van der Waals surface area (Å²) in [6.07, 6.45) is 2.47. The summed E-state index contributed by atoms with van der Waals surface area (Å²) in [6.45, 7) is 4.28. The molecule has 0 saturated carbocycles. The van der Waals surface area contributed by atoms with Crippen molar-refractivity contribution in [2.45, 2.75) is 39.8 Å². The van der Waals surface area contributed by atoms with Gasteiger partial charge in [-0.25, -0.2) is 9.78 Å². The van der Waals surface area contributed by atoms with Crippen molar-refractivity contribution in [3.05, 3.63) is 112 Å². The van der Waals surface area contributed by atoms with Crippen LogP contribution in [0.25, 0.3) is 11.3 Å². The highest BCUT2D eigenvalue weighted by Gasteiger charge is 2.19. The van der Waals surface area contributed by atoms with Gasteiger partial charge in [-0.2, -0.15) is 0 Å². The van der Waals surface area contributed by atoms with Crippen LogP contribution in [0.1, 0.15) is 55.2 Å². The van der Waals surface area contributed by atoms with Crippen molar-refractivity contribution in [3.8, 4) is 11.3 Å². The molecular formula is C30H30N4O4. The molecule has 4 aromatic rings. The van der Waals surface area contributed by atoms with Gasteiger partial charge in [0.05, 0.1) is 24.0 Å². The van der Waals surface area contributed by atoms with E-state index in [-0.39, 0.29) is 31.0 Å². The summed E-state index contributed by atoms with van der Waals surface area (Å²) >= 11 is 0. The fourth-order valence-corrected chi connectivity index (χ4v) is 4.56. The van der Waals surface area contributed by atoms with E-state index in [1.807, 2.05) is 44.2 Å². The molecular weight excluding hydrogens is 480 g/mol. The zero-order valence-corrected chi connectivity index (χ0v) is 21.4. The smallest absolute Gasteiger partial charge is 0.335 e. The minimum atomic E-state index is -1.02. The Morgan fingerprint density at radius 1 is 0.921 bits per heavy atom. The maximum absolute atomic E-state index is 13.5. The number of aryl methyl sites for hydroxylation is 2. The van der Waals surface area contributed by atoms with E-state index in [9.17, 15) is 19.5 Å². The summed E-state index contributed by atoms with van der Waals surface area (Å²) in [5.74, 6) is -0.971. The lowest BCUT2D eigenvalue weighted by Gasteiger charge is -2.23. The van der Waals surface area contributed by atoms with Crippen LogP contribution in [0.15, 0.2) is 72.9 Å². The van der Waals surface area contributed by atoms with Gasteiger partial charge in [0.2, 0.25) is 11.8 Å². The van der Waals surface area contributed by atoms with E-state index in [2.05, 4.69) is 9.97 Å². The predicted molar refractivity (Wildman–Crippen MR) is 144 cm³/mol. The molecule has 38 heavy (non-hydrogen) atoms. The number of carbonyl (C=O) groups is 3. The van der Waals surface area contributed by atoms with Crippen LogP contribution in [0, 0.1) is 13.8 Å². The first-order valence-electron chi connectivity index (χ1n) is 12.3. The van der Waals surface area contributed by atoms with E-state index in [4.69, 9.17) is 5.73 Å². The fourth-order valence-electron chi connectivity index (χ4n) is 4.56. The molecule has 0 unspecified atom stereocenters. The summed E-state index contributed by atoms with van der Waals surface area (Å²) in [5, 5.41) is 9.39. The Morgan fingerprint density at radius 2 is 1.63 bits per heavy atom. The van der Waals surface area contributed by atoms with Crippen molar-refractivity contribution >= 4 is 17.8 Å². The molecule has 1 aromatic heterocycles. The highest BCUT2D eigenvalue weighted by Crippen LogP contribution is 2.21. The number of hydrogen-bond acceptors (Lipinski definition) is 4. The number of aromatic carboxylic acids is 1. The van der Waals surface area contributed by atoms with Crippen molar-refractivity contribution < 1.29 is 19.5 Å². The third-order valence-corrected chi connectivity index (χ3v) is 6.52. The third-order valence-electron chi connectivity index (χ3n) is 6.52. The van der Waals surface area contributed by atoms with E-state index < -0.39 is 11.9 Å². The van der Waals surface area contributed by atoms with Gasteiger partial charge in [0, 0.05) is 18.5 Å². The van der Waals surface area contributed by atoms with Gasteiger partial charge in [0.15, 0.2) is 0 Å². The average molecular weight is 511 g/mol. The maximum Gasteiger partial charge on any atom is 0.335 e. The minimum Gasteiger partial charge on any atom is -0.478 e. The van der Waals surface area contributed by atoms with Gasteiger partial charge >= 0.3 is 5.97 Å². The van der Waals surface area contributed by atoms with Gasteiger partial charge in [-0.05, 0) is 72.4 Å². The van der Waals surface area contributed by atoms with Crippen molar-refractivity contribution in [2.75, 3.05) is 0 Å². The van der Waals surface area contributed by atoms with Crippen LogP contribution in [-0.2, 0) is 24.3 Å². The molecule has 3 aromatic carbocycles. The largest absolute Gasteiger partial charge is 0.478 e. The number of carboxylic acids is 1. The number of nitrogens with one attached hydrogen (secondary N) is 1. The highest BCUT2D eigenvalue weighted by atomic mass is 16.4.